The van der Waals surface area contributed by atoms with Gasteiger partial charge in [-0.25, -0.2) is 17.2 Å². The van der Waals surface area contributed by atoms with Crippen LogP contribution in [0.5, 0.6) is 0 Å². The standard InChI is InChI=1S/C29H21F2N3O5S/c30-22-11-7-21(8-12-22)28-32-27(33-39-28)24-15-6-18(16-25(24)31)17-26(29(35)36)34-40(37,38)23-13-9-20(10-14-23)19-4-2-1-3-5-19/h1-16,26,34H,17H2,(H,35,36). The maximum Gasteiger partial charge on any atom is 0.322 e. The highest BCUT2D eigenvalue weighted by Gasteiger charge is 2.26. The molecule has 0 bridgehead atoms. The quantitative estimate of drug-likeness (QED) is 0.250. The molecule has 1 heterocycles. The van der Waals surface area contributed by atoms with Gasteiger partial charge in [-0.2, -0.15) is 9.71 Å². The molecule has 0 aliphatic heterocycles. The Bertz CT molecular complexity index is 1760. The first-order chi connectivity index (χ1) is 19.2. The van der Waals surface area contributed by atoms with Crippen molar-refractivity contribution in [3.8, 4) is 34.0 Å². The third-order valence-electron chi connectivity index (χ3n) is 6.10. The van der Waals surface area contributed by atoms with Gasteiger partial charge in [-0.15, -0.1) is 0 Å². The predicted molar refractivity (Wildman–Crippen MR) is 142 cm³/mol. The number of sulfonamides is 1. The first-order valence-corrected chi connectivity index (χ1v) is 13.5. The number of nitrogens with one attached hydrogen (secondary N) is 1. The molecule has 0 saturated heterocycles. The van der Waals surface area contributed by atoms with Crippen LogP contribution in [0.25, 0.3) is 34.0 Å². The van der Waals surface area contributed by atoms with E-state index in [2.05, 4.69) is 14.9 Å². The number of benzene rings is 4. The molecule has 0 spiro atoms. The molecule has 0 radical (unpaired) electrons. The minimum absolute atomic E-state index is 0.00757. The molecule has 0 aliphatic carbocycles. The smallest absolute Gasteiger partial charge is 0.322 e. The molecule has 4 aromatic carbocycles. The minimum Gasteiger partial charge on any atom is -0.480 e. The summed E-state index contributed by atoms with van der Waals surface area (Å²) in [7, 11) is -4.19. The minimum atomic E-state index is -4.19. The maximum absolute atomic E-state index is 15.0. The highest BCUT2D eigenvalue weighted by Crippen LogP contribution is 2.26. The number of hydrogen-bond acceptors (Lipinski definition) is 6. The molecule has 0 saturated carbocycles. The van der Waals surface area contributed by atoms with Crippen molar-refractivity contribution in [3.05, 3.63) is 114 Å². The van der Waals surface area contributed by atoms with Crippen LogP contribution < -0.4 is 4.72 Å². The molecule has 8 nitrogen and oxygen atoms in total. The number of aliphatic carboxylic acids is 1. The van der Waals surface area contributed by atoms with Crippen LogP contribution in [0.3, 0.4) is 0 Å². The van der Waals surface area contributed by atoms with Crippen molar-refractivity contribution in [1.29, 1.82) is 0 Å². The maximum atomic E-state index is 15.0. The number of rotatable bonds is 9. The van der Waals surface area contributed by atoms with Crippen LogP contribution in [0, 0.1) is 11.6 Å². The molecule has 2 N–H and O–H groups in total. The number of carbonyl (C=O) groups is 1. The van der Waals surface area contributed by atoms with E-state index in [-0.39, 0.29) is 34.2 Å². The Hall–Kier alpha value is -4.74. The molecule has 1 atom stereocenters. The van der Waals surface area contributed by atoms with Gasteiger partial charge >= 0.3 is 5.97 Å². The molecule has 1 unspecified atom stereocenters. The van der Waals surface area contributed by atoms with Gasteiger partial charge in [0, 0.05) is 5.56 Å². The summed E-state index contributed by atoms with van der Waals surface area (Å²) in [5.41, 5.74) is 2.38. The molecule has 0 aliphatic rings. The Kier molecular flexibility index (Phi) is 7.50. The van der Waals surface area contributed by atoms with Gasteiger partial charge in [-0.1, -0.05) is 53.7 Å². The second-order valence-electron chi connectivity index (χ2n) is 8.85. The van der Waals surface area contributed by atoms with Crippen LogP contribution in [0.4, 0.5) is 8.78 Å². The van der Waals surface area contributed by atoms with Crippen molar-refractivity contribution in [2.75, 3.05) is 0 Å². The molecular weight excluding hydrogens is 540 g/mol. The summed E-state index contributed by atoms with van der Waals surface area (Å²) in [6, 6.07) is 23.1. The third-order valence-corrected chi connectivity index (χ3v) is 7.59. The Balaban J connectivity index is 1.31. The second kappa shape index (κ2) is 11.2. The van der Waals surface area contributed by atoms with E-state index in [0.29, 0.717) is 5.56 Å². The van der Waals surface area contributed by atoms with Crippen LogP contribution in [0.15, 0.2) is 106 Å². The van der Waals surface area contributed by atoms with E-state index in [1.165, 1.54) is 48.5 Å². The molecule has 5 rings (SSSR count). The van der Waals surface area contributed by atoms with E-state index >= 15 is 0 Å². The summed E-state index contributed by atoms with van der Waals surface area (Å²) in [6.45, 7) is 0. The first-order valence-electron chi connectivity index (χ1n) is 12.0. The summed E-state index contributed by atoms with van der Waals surface area (Å²) in [4.78, 5) is 15.9. The van der Waals surface area contributed by atoms with Crippen molar-refractivity contribution >= 4 is 16.0 Å². The lowest BCUT2D eigenvalue weighted by molar-refractivity contribution is -0.138. The molecular formula is C29H21F2N3O5S. The lowest BCUT2D eigenvalue weighted by Crippen LogP contribution is -2.42. The lowest BCUT2D eigenvalue weighted by atomic mass is 10.0. The number of halogens is 2. The predicted octanol–water partition coefficient (Wildman–Crippen LogP) is 5.32. The zero-order valence-corrected chi connectivity index (χ0v) is 21.5. The van der Waals surface area contributed by atoms with Crippen molar-refractivity contribution < 1.29 is 31.6 Å². The summed E-state index contributed by atoms with van der Waals surface area (Å²) < 4.78 is 61.3. The van der Waals surface area contributed by atoms with Gasteiger partial charge in [0.1, 0.15) is 17.7 Å². The summed E-state index contributed by atoms with van der Waals surface area (Å²) in [5.74, 6) is -2.61. The fourth-order valence-corrected chi connectivity index (χ4v) is 5.23. The summed E-state index contributed by atoms with van der Waals surface area (Å²) in [6.07, 6.45) is -0.319. The van der Waals surface area contributed by atoms with E-state index < -0.39 is 33.7 Å². The molecule has 202 valence electrons. The van der Waals surface area contributed by atoms with Gasteiger partial charge in [0.15, 0.2) is 0 Å². The van der Waals surface area contributed by atoms with Crippen LogP contribution >= 0.6 is 0 Å². The zero-order chi connectivity index (χ0) is 28.3. The molecule has 11 heteroatoms. The molecule has 1 aromatic heterocycles. The Labute approximate surface area is 228 Å². The average Bonchev–Trinajstić information content (AvgIpc) is 3.43. The number of aromatic nitrogens is 2. The van der Waals surface area contributed by atoms with E-state index in [9.17, 15) is 27.1 Å². The monoisotopic (exact) mass is 561 g/mol. The average molecular weight is 562 g/mol. The number of carboxylic acid groups (broad SMARTS) is 1. The molecule has 5 aromatic rings. The van der Waals surface area contributed by atoms with Gasteiger partial charge < -0.3 is 9.63 Å². The summed E-state index contributed by atoms with van der Waals surface area (Å²) >= 11 is 0. The van der Waals surface area contributed by atoms with Crippen LogP contribution in [0.1, 0.15) is 5.56 Å². The number of nitrogens with zero attached hydrogens (tertiary/aromatic N) is 2. The normalized spacial score (nSPS) is 12.2. The van der Waals surface area contributed by atoms with Gasteiger partial charge in [-0.3, -0.25) is 4.79 Å². The third kappa shape index (κ3) is 5.95. The fourth-order valence-electron chi connectivity index (χ4n) is 4.04. The van der Waals surface area contributed by atoms with E-state index in [1.54, 1.807) is 12.1 Å². The Morgan fingerprint density at radius 2 is 1.52 bits per heavy atom. The van der Waals surface area contributed by atoms with Crippen LogP contribution in [-0.2, 0) is 21.2 Å². The van der Waals surface area contributed by atoms with E-state index in [1.807, 2.05) is 30.3 Å². The van der Waals surface area contributed by atoms with Crippen LogP contribution in [0.2, 0.25) is 0 Å². The molecule has 40 heavy (non-hydrogen) atoms. The van der Waals surface area contributed by atoms with Gasteiger partial charge in [0.2, 0.25) is 15.8 Å². The number of carboxylic acids is 1. The lowest BCUT2D eigenvalue weighted by Gasteiger charge is -2.15. The Morgan fingerprint density at radius 1 is 0.875 bits per heavy atom. The van der Waals surface area contributed by atoms with Crippen molar-refractivity contribution in [3.63, 3.8) is 0 Å². The SMILES string of the molecule is O=C(O)C(Cc1ccc(-c2noc(-c3ccc(F)cc3)n2)c(F)c1)NS(=O)(=O)c1ccc(-c2ccccc2)cc1. The zero-order valence-electron chi connectivity index (χ0n) is 20.7. The van der Waals surface area contributed by atoms with Gasteiger partial charge in [0.25, 0.3) is 5.89 Å². The second-order valence-corrected chi connectivity index (χ2v) is 10.6. The Morgan fingerprint density at radius 3 is 2.17 bits per heavy atom. The van der Waals surface area contributed by atoms with E-state index in [0.717, 1.165) is 17.2 Å². The summed E-state index contributed by atoms with van der Waals surface area (Å²) in [5, 5.41) is 13.5. The topological polar surface area (TPSA) is 122 Å². The first kappa shape index (κ1) is 26.9. The van der Waals surface area contributed by atoms with Crippen molar-refractivity contribution in [2.45, 2.75) is 17.4 Å². The molecule has 0 amide bonds. The van der Waals surface area contributed by atoms with E-state index in [4.69, 9.17) is 4.52 Å². The largest absolute Gasteiger partial charge is 0.480 e. The molecule has 0 fully saturated rings. The van der Waals surface area contributed by atoms with Crippen molar-refractivity contribution in [1.82, 2.24) is 14.9 Å². The number of hydrogen-bond donors (Lipinski definition) is 2. The van der Waals surface area contributed by atoms with Crippen molar-refractivity contribution in [2.24, 2.45) is 0 Å². The van der Waals surface area contributed by atoms with Gasteiger partial charge in [-0.05, 0) is 71.6 Å². The van der Waals surface area contributed by atoms with Crippen LogP contribution in [-0.4, -0.2) is 35.7 Å². The highest BCUT2D eigenvalue weighted by atomic mass is 32.2. The fraction of sp³-hybridized carbons (Fsp3) is 0.0690. The highest BCUT2D eigenvalue weighted by molar-refractivity contribution is 7.89. The van der Waals surface area contributed by atoms with Gasteiger partial charge in [0.05, 0.1) is 10.5 Å².